The highest BCUT2D eigenvalue weighted by atomic mass is 35.5. The van der Waals surface area contributed by atoms with Crippen molar-refractivity contribution in [2.45, 2.75) is 50.0 Å². The number of halogens is 2. The summed E-state index contributed by atoms with van der Waals surface area (Å²) in [5.41, 5.74) is 5.94. The topological polar surface area (TPSA) is 72.2 Å². The van der Waals surface area contributed by atoms with Crippen molar-refractivity contribution in [2.75, 3.05) is 5.73 Å². The molecule has 0 aliphatic heterocycles. The molecule has 0 radical (unpaired) electrons. The van der Waals surface area contributed by atoms with Crippen LogP contribution in [-0.4, -0.2) is 14.5 Å². The van der Waals surface area contributed by atoms with Crippen LogP contribution in [0.3, 0.4) is 0 Å². The SMILES string of the molecule is CCC1CCC(NS(=O)(=O)c2c(Cl)cc(N)cc2Cl)CC1. The molecular weight excluding hydrogens is 331 g/mol. The number of benzene rings is 1. The molecule has 1 aliphatic rings. The maximum absolute atomic E-state index is 12.5. The lowest BCUT2D eigenvalue weighted by Gasteiger charge is -2.28. The molecule has 0 aromatic heterocycles. The molecule has 2 rings (SSSR count). The van der Waals surface area contributed by atoms with E-state index in [1.54, 1.807) is 0 Å². The number of nitrogens with two attached hydrogens (primary N) is 1. The van der Waals surface area contributed by atoms with Gasteiger partial charge in [0.1, 0.15) is 4.90 Å². The zero-order chi connectivity index (χ0) is 15.6. The molecule has 1 aromatic rings. The average molecular weight is 351 g/mol. The van der Waals surface area contributed by atoms with E-state index in [4.69, 9.17) is 28.9 Å². The van der Waals surface area contributed by atoms with E-state index in [0.717, 1.165) is 32.1 Å². The first-order chi connectivity index (χ1) is 9.83. The van der Waals surface area contributed by atoms with Gasteiger partial charge < -0.3 is 5.73 Å². The third-order valence-corrected chi connectivity index (χ3v) is 6.48. The van der Waals surface area contributed by atoms with Crippen molar-refractivity contribution in [3.8, 4) is 0 Å². The summed E-state index contributed by atoms with van der Waals surface area (Å²) in [5.74, 6) is 0.703. The summed E-state index contributed by atoms with van der Waals surface area (Å²) in [4.78, 5) is -0.0855. The van der Waals surface area contributed by atoms with Crippen LogP contribution in [0.4, 0.5) is 5.69 Å². The predicted octanol–water partition coefficient (Wildman–Crippen LogP) is 3.82. The monoisotopic (exact) mass is 350 g/mol. The summed E-state index contributed by atoms with van der Waals surface area (Å²) < 4.78 is 27.7. The molecule has 7 heteroatoms. The van der Waals surface area contributed by atoms with E-state index in [1.165, 1.54) is 12.1 Å². The molecule has 0 bridgehead atoms. The van der Waals surface area contributed by atoms with Crippen molar-refractivity contribution >= 4 is 38.9 Å². The van der Waals surface area contributed by atoms with Crippen LogP contribution in [0, 0.1) is 5.92 Å². The highest BCUT2D eigenvalue weighted by Gasteiger charge is 2.28. The van der Waals surface area contributed by atoms with Gasteiger partial charge in [0.25, 0.3) is 0 Å². The van der Waals surface area contributed by atoms with Crippen molar-refractivity contribution in [3.05, 3.63) is 22.2 Å². The van der Waals surface area contributed by atoms with Gasteiger partial charge in [-0.1, -0.05) is 36.5 Å². The lowest BCUT2D eigenvalue weighted by atomic mass is 9.85. The van der Waals surface area contributed by atoms with E-state index in [-0.39, 0.29) is 21.0 Å². The van der Waals surface area contributed by atoms with Crippen molar-refractivity contribution < 1.29 is 8.42 Å². The fourth-order valence-corrected chi connectivity index (χ4v) is 5.34. The number of anilines is 1. The van der Waals surface area contributed by atoms with E-state index in [9.17, 15) is 8.42 Å². The van der Waals surface area contributed by atoms with Gasteiger partial charge in [-0.15, -0.1) is 0 Å². The van der Waals surface area contributed by atoms with Gasteiger partial charge in [0.05, 0.1) is 10.0 Å². The Kier molecular flexibility index (Phi) is 5.41. The Morgan fingerprint density at radius 3 is 2.19 bits per heavy atom. The number of nitrogens with one attached hydrogen (secondary N) is 1. The molecule has 4 nitrogen and oxygen atoms in total. The fourth-order valence-electron chi connectivity index (χ4n) is 2.80. The molecule has 0 atom stereocenters. The fraction of sp³-hybridized carbons (Fsp3) is 0.571. The van der Waals surface area contributed by atoms with Crippen molar-refractivity contribution in [2.24, 2.45) is 5.92 Å². The minimum Gasteiger partial charge on any atom is -0.399 e. The first-order valence-electron chi connectivity index (χ1n) is 7.10. The summed E-state index contributed by atoms with van der Waals surface area (Å²) in [6.07, 6.45) is 4.94. The Hall–Kier alpha value is -0.490. The standard InChI is InChI=1S/C14H20Cl2N2O2S/c1-2-9-3-5-11(6-4-9)18-21(19,20)14-12(15)7-10(17)8-13(14)16/h7-9,11,18H,2-6,17H2,1H3. The summed E-state index contributed by atoms with van der Waals surface area (Å²) in [6.45, 7) is 2.17. The highest BCUT2D eigenvalue weighted by molar-refractivity contribution is 7.89. The van der Waals surface area contributed by atoms with E-state index in [1.807, 2.05) is 0 Å². The molecule has 1 saturated carbocycles. The van der Waals surface area contributed by atoms with E-state index in [2.05, 4.69) is 11.6 Å². The van der Waals surface area contributed by atoms with Gasteiger partial charge in [-0.05, 0) is 43.7 Å². The zero-order valence-electron chi connectivity index (χ0n) is 11.9. The molecule has 0 unspecified atom stereocenters. The van der Waals surface area contributed by atoms with Gasteiger partial charge in [-0.25, -0.2) is 13.1 Å². The summed E-state index contributed by atoms with van der Waals surface area (Å²) in [6, 6.07) is 2.74. The molecule has 0 amide bonds. The Morgan fingerprint density at radius 2 is 1.71 bits per heavy atom. The zero-order valence-corrected chi connectivity index (χ0v) is 14.2. The van der Waals surface area contributed by atoms with Crippen molar-refractivity contribution in [3.63, 3.8) is 0 Å². The third-order valence-electron chi connectivity index (χ3n) is 4.04. The molecule has 0 spiro atoms. The van der Waals surface area contributed by atoms with E-state index >= 15 is 0 Å². The second-order valence-corrected chi connectivity index (χ2v) is 8.03. The number of rotatable bonds is 4. The van der Waals surface area contributed by atoms with Crippen LogP contribution >= 0.6 is 23.2 Å². The predicted molar refractivity (Wildman–Crippen MR) is 87.2 cm³/mol. The quantitative estimate of drug-likeness (QED) is 0.810. The lowest BCUT2D eigenvalue weighted by molar-refractivity contribution is 0.306. The third kappa shape index (κ3) is 4.03. The summed E-state index contributed by atoms with van der Waals surface area (Å²) in [7, 11) is -3.73. The average Bonchev–Trinajstić information content (AvgIpc) is 2.37. The lowest BCUT2D eigenvalue weighted by Crippen LogP contribution is -2.37. The normalized spacial score (nSPS) is 23.2. The van der Waals surface area contributed by atoms with Crippen LogP contribution < -0.4 is 10.5 Å². The Balaban J connectivity index is 2.16. The van der Waals surface area contributed by atoms with Gasteiger partial charge in [0, 0.05) is 11.7 Å². The van der Waals surface area contributed by atoms with Crippen molar-refractivity contribution in [1.82, 2.24) is 4.72 Å². The maximum atomic E-state index is 12.5. The van der Waals surface area contributed by atoms with Gasteiger partial charge in [0.2, 0.25) is 10.0 Å². The van der Waals surface area contributed by atoms with Gasteiger partial charge >= 0.3 is 0 Å². The summed E-state index contributed by atoms with van der Waals surface area (Å²) >= 11 is 12.0. The van der Waals surface area contributed by atoms with Crippen LogP contribution in [0.15, 0.2) is 17.0 Å². The first kappa shape index (κ1) is 16.9. The molecular formula is C14H20Cl2N2O2S. The minimum absolute atomic E-state index is 0.0507. The van der Waals surface area contributed by atoms with Crippen LogP contribution in [0.5, 0.6) is 0 Å². The Labute approximate surface area is 136 Å². The van der Waals surface area contributed by atoms with Gasteiger partial charge in [-0.2, -0.15) is 0 Å². The number of hydrogen-bond acceptors (Lipinski definition) is 3. The van der Waals surface area contributed by atoms with Crippen LogP contribution in [-0.2, 0) is 10.0 Å². The summed E-state index contributed by atoms with van der Waals surface area (Å²) in [5, 5.41) is 0.101. The van der Waals surface area contributed by atoms with Crippen molar-refractivity contribution in [1.29, 1.82) is 0 Å². The second kappa shape index (κ2) is 6.73. The van der Waals surface area contributed by atoms with Crippen LogP contribution in [0.25, 0.3) is 0 Å². The van der Waals surface area contributed by atoms with E-state index < -0.39 is 10.0 Å². The molecule has 1 aliphatic carbocycles. The second-order valence-electron chi connectivity index (χ2n) is 5.56. The molecule has 1 fully saturated rings. The Morgan fingerprint density at radius 1 is 1.19 bits per heavy atom. The molecule has 1 aromatic carbocycles. The largest absolute Gasteiger partial charge is 0.399 e. The number of nitrogen functional groups attached to an aromatic ring is 1. The minimum atomic E-state index is -3.73. The molecule has 0 heterocycles. The Bertz CT molecular complexity index is 588. The van der Waals surface area contributed by atoms with Gasteiger partial charge in [-0.3, -0.25) is 0 Å². The molecule has 118 valence electrons. The maximum Gasteiger partial charge on any atom is 0.243 e. The van der Waals surface area contributed by atoms with E-state index in [0.29, 0.717) is 11.6 Å². The molecule has 21 heavy (non-hydrogen) atoms. The van der Waals surface area contributed by atoms with Gasteiger partial charge in [0.15, 0.2) is 0 Å². The van der Waals surface area contributed by atoms with Crippen LogP contribution in [0.1, 0.15) is 39.0 Å². The first-order valence-corrected chi connectivity index (χ1v) is 9.34. The number of hydrogen-bond donors (Lipinski definition) is 2. The molecule has 0 saturated heterocycles. The number of sulfonamides is 1. The smallest absolute Gasteiger partial charge is 0.243 e. The molecule has 3 N–H and O–H groups in total. The highest BCUT2D eigenvalue weighted by Crippen LogP contribution is 2.33. The van der Waals surface area contributed by atoms with Crippen LogP contribution in [0.2, 0.25) is 10.0 Å².